The number of piperazine rings is 1. The number of H-pyrrole nitrogens is 1. The van der Waals surface area contributed by atoms with E-state index in [1.54, 1.807) is 11.8 Å². The fourth-order valence-corrected chi connectivity index (χ4v) is 3.72. The molecule has 8 heteroatoms. The van der Waals surface area contributed by atoms with Crippen LogP contribution in [0.15, 0.2) is 12.5 Å². The minimum absolute atomic E-state index is 0.0585. The Hall–Kier alpha value is -1.93. The number of β-amino-alcohol motifs (C(OH)–C–C–N with tert-alkyl or cyclic N) is 1. The zero-order chi connectivity index (χ0) is 17.9. The van der Waals surface area contributed by atoms with Gasteiger partial charge in [0.05, 0.1) is 18.1 Å². The van der Waals surface area contributed by atoms with Gasteiger partial charge in [0.2, 0.25) is 5.91 Å². The molecule has 0 saturated carbocycles. The van der Waals surface area contributed by atoms with Crippen LogP contribution in [0, 0.1) is 0 Å². The highest BCUT2D eigenvalue weighted by Gasteiger charge is 2.34. The summed E-state index contributed by atoms with van der Waals surface area (Å²) < 4.78 is 0. The number of carbonyl (C=O) groups is 2. The van der Waals surface area contributed by atoms with Crippen molar-refractivity contribution in [3.8, 4) is 0 Å². The second-order valence-electron chi connectivity index (χ2n) is 7.12. The average Bonchev–Trinajstić information content (AvgIpc) is 3.05. The highest BCUT2D eigenvalue weighted by atomic mass is 16.3. The molecule has 0 aromatic carbocycles. The van der Waals surface area contributed by atoms with Gasteiger partial charge in [0, 0.05) is 52.7 Å². The van der Waals surface area contributed by atoms with Crippen molar-refractivity contribution < 1.29 is 14.7 Å². The minimum atomic E-state index is -0.776. The van der Waals surface area contributed by atoms with Crippen LogP contribution in [0.4, 0.5) is 0 Å². The number of carbonyl (C=O) groups excluding carboxylic acids is 2. The largest absolute Gasteiger partial charge is 0.388 e. The molecule has 8 nitrogen and oxygen atoms in total. The Kier molecular flexibility index (Phi) is 5.39. The van der Waals surface area contributed by atoms with E-state index in [0.29, 0.717) is 38.2 Å². The van der Waals surface area contributed by atoms with Crippen LogP contribution in [0.5, 0.6) is 0 Å². The molecule has 3 rings (SSSR count). The van der Waals surface area contributed by atoms with Gasteiger partial charge in [-0.05, 0) is 19.3 Å². The Morgan fingerprint density at radius 2 is 1.92 bits per heavy atom. The van der Waals surface area contributed by atoms with Crippen molar-refractivity contribution in [3.63, 3.8) is 0 Å². The van der Waals surface area contributed by atoms with Crippen LogP contribution in [-0.4, -0.2) is 93.0 Å². The smallest absolute Gasteiger partial charge is 0.271 e. The van der Waals surface area contributed by atoms with Crippen LogP contribution in [-0.2, 0) is 4.79 Å². The molecule has 1 atom stereocenters. The highest BCUT2D eigenvalue weighted by molar-refractivity contribution is 5.92. The zero-order valence-electron chi connectivity index (χ0n) is 14.8. The Labute approximate surface area is 147 Å². The van der Waals surface area contributed by atoms with Gasteiger partial charge in [-0.3, -0.25) is 14.5 Å². The Morgan fingerprint density at radius 3 is 2.56 bits per heavy atom. The lowest BCUT2D eigenvalue weighted by Gasteiger charge is -2.39. The predicted molar refractivity (Wildman–Crippen MR) is 92.0 cm³/mol. The lowest BCUT2D eigenvalue weighted by molar-refractivity contribution is -0.131. The minimum Gasteiger partial charge on any atom is -0.388 e. The van der Waals surface area contributed by atoms with Gasteiger partial charge in [0.1, 0.15) is 5.69 Å². The van der Waals surface area contributed by atoms with E-state index in [1.807, 2.05) is 4.90 Å². The van der Waals surface area contributed by atoms with Gasteiger partial charge in [-0.15, -0.1) is 0 Å². The van der Waals surface area contributed by atoms with Gasteiger partial charge in [-0.25, -0.2) is 4.98 Å². The molecule has 2 aliphatic heterocycles. The normalized spacial score (nSPS) is 25.7. The molecule has 1 aromatic heterocycles. The number of hydrogen-bond donors (Lipinski definition) is 2. The molecule has 0 aliphatic carbocycles. The Balaban J connectivity index is 1.53. The molecule has 3 heterocycles. The summed E-state index contributed by atoms with van der Waals surface area (Å²) in [6.45, 7) is 6.41. The summed E-state index contributed by atoms with van der Waals surface area (Å²) in [4.78, 5) is 36.5. The molecule has 2 aliphatic rings. The molecule has 2 N–H and O–H groups in total. The maximum absolute atomic E-state index is 12.4. The van der Waals surface area contributed by atoms with Crippen molar-refractivity contribution in [1.29, 1.82) is 0 Å². The molecule has 2 amide bonds. The Bertz CT molecular complexity index is 597. The lowest BCUT2D eigenvalue weighted by atomic mass is 9.94. The van der Waals surface area contributed by atoms with Gasteiger partial charge in [0.25, 0.3) is 5.91 Å². The molecule has 0 bridgehead atoms. The maximum atomic E-state index is 12.4. The quantitative estimate of drug-likeness (QED) is 0.797. The number of aromatic nitrogens is 2. The number of aromatic amines is 1. The summed E-state index contributed by atoms with van der Waals surface area (Å²) in [5, 5.41) is 11.0. The monoisotopic (exact) mass is 349 g/mol. The number of rotatable bonds is 3. The van der Waals surface area contributed by atoms with E-state index in [2.05, 4.69) is 14.9 Å². The number of imidazole rings is 1. The third-order valence-corrected chi connectivity index (χ3v) is 5.27. The molecule has 2 saturated heterocycles. The molecule has 2 fully saturated rings. The first-order valence-electron chi connectivity index (χ1n) is 8.95. The molecule has 0 unspecified atom stereocenters. The van der Waals surface area contributed by atoms with Crippen molar-refractivity contribution in [2.45, 2.75) is 31.8 Å². The predicted octanol–water partition coefficient (Wildman–Crippen LogP) is -0.0690. The second-order valence-corrected chi connectivity index (χ2v) is 7.12. The molecule has 138 valence electrons. The van der Waals surface area contributed by atoms with E-state index in [9.17, 15) is 14.7 Å². The van der Waals surface area contributed by atoms with Gasteiger partial charge in [0.15, 0.2) is 0 Å². The topological polar surface area (TPSA) is 92.8 Å². The van der Waals surface area contributed by atoms with E-state index in [4.69, 9.17) is 0 Å². The van der Waals surface area contributed by atoms with Crippen LogP contribution in [0.25, 0.3) is 0 Å². The first-order chi connectivity index (χ1) is 12.0. The van der Waals surface area contributed by atoms with Gasteiger partial charge in [-0.2, -0.15) is 0 Å². The summed E-state index contributed by atoms with van der Waals surface area (Å²) in [7, 11) is 0. The molecule has 25 heavy (non-hydrogen) atoms. The van der Waals surface area contributed by atoms with Crippen LogP contribution < -0.4 is 0 Å². The number of nitrogens with one attached hydrogen (secondary N) is 1. The third kappa shape index (κ3) is 4.38. The zero-order valence-corrected chi connectivity index (χ0v) is 14.8. The van der Waals surface area contributed by atoms with Crippen molar-refractivity contribution in [2.24, 2.45) is 0 Å². The number of aliphatic hydroxyl groups is 1. The summed E-state index contributed by atoms with van der Waals surface area (Å²) in [6, 6.07) is 0. The van der Waals surface area contributed by atoms with E-state index in [0.717, 1.165) is 32.6 Å². The number of likely N-dealkylation sites (tertiary alicyclic amines) is 1. The average molecular weight is 349 g/mol. The summed E-state index contributed by atoms with van der Waals surface area (Å²) in [5.74, 6) is 0.0533. The lowest BCUT2D eigenvalue weighted by Crippen LogP contribution is -2.53. The fraction of sp³-hybridized carbons (Fsp3) is 0.706. The van der Waals surface area contributed by atoms with Gasteiger partial charge < -0.3 is 19.9 Å². The van der Waals surface area contributed by atoms with Gasteiger partial charge >= 0.3 is 0 Å². The first-order valence-corrected chi connectivity index (χ1v) is 8.95. The number of nitrogens with zero attached hydrogens (tertiary/aromatic N) is 4. The van der Waals surface area contributed by atoms with Crippen molar-refractivity contribution >= 4 is 11.8 Å². The van der Waals surface area contributed by atoms with Crippen LogP contribution in [0.2, 0.25) is 0 Å². The van der Waals surface area contributed by atoms with E-state index in [1.165, 1.54) is 12.5 Å². The maximum Gasteiger partial charge on any atom is 0.271 e. The fourth-order valence-electron chi connectivity index (χ4n) is 3.72. The third-order valence-electron chi connectivity index (χ3n) is 5.27. The molecule has 0 spiro atoms. The van der Waals surface area contributed by atoms with Crippen LogP contribution >= 0.6 is 0 Å². The van der Waals surface area contributed by atoms with Crippen LogP contribution in [0.1, 0.15) is 36.7 Å². The van der Waals surface area contributed by atoms with Gasteiger partial charge in [-0.1, -0.05) is 0 Å². The van der Waals surface area contributed by atoms with Crippen molar-refractivity contribution in [1.82, 2.24) is 24.7 Å². The first kappa shape index (κ1) is 17.9. The second kappa shape index (κ2) is 7.53. The summed E-state index contributed by atoms with van der Waals surface area (Å²) in [5.41, 5.74) is -0.285. The van der Waals surface area contributed by atoms with E-state index in [-0.39, 0.29) is 11.8 Å². The van der Waals surface area contributed by atoms with Crippen molar-refractivity contribution in [2.75, 3.05) is 45.8 Å². The molecular formula is C17H27N5O3. The summed E-state index contributed by atoms with van der Waals surface area (Å²) >= 11 is 0. The SMILES string of the molecule is CC(=O)N1CCN(C[C@]2(O)CCCN(C(=O)c3cnc[nH]3)CC2)CC1. The molecular weight excluding hydrogens is 322 g/mol. The highest BCUT2D eigenvalue weighted by Crippen LogP contribution is 2.25. The summed E-state index contributed by atoms with van der Waals surface area (Å²) in [6.07, 6.45) is 5.08. The van der Waals surface area contributed by atoms with Crippen molar-refractivity contribution in [3.05, 3.63) is 18.2 Å². The van der Waals surface area contributed by atoms with E-state index < -0.39 is 5.60 Å². The Morgan fingerprint density at radius 1 is 1.16 bits per heavy atom. The van der Waals surface area contributed by atoms with E-state index >= 15 is 0 Å². The number of amides is 2. The van der Waals surface area contributed by atoms with Crippen LogP contribution in [0.3, 0.4) is 0 Å². The molecule has 1 aromatic rings. The number of hydrogen-bond acceptors (Lipinski definition) is 5. The standard InChI is InChI=1S/C17H27N5O3/c1-14(23)21-9-7-20(8-10-21)12-17(25)3-2-5-22(6-4-17)16(24)15-11-18-13-19-15/h11,13,25H,2-10,12H2,1H3,(H,18,19)/t17-/m0/s1. The molecule has 0 radical (unpaired) electrons.